The minimum atomic E-state index is 0.702. The first-order valence-corrected chi connectivity index (χ1v) is 7.20. The fraction of sp³-hybridized carbons (Fsp3) is 1.00. The van der Waals surface area contributed by atoms with Crippen molar-refractivity contribution >= 4 is 0 Å². The lowest BCUT2D eigenvalue weighted by Gasteiger charge is -2.33. The van der Waals surface area contributed by atoms with E-state index < -0.39 is 0 Å². The third-order valence-electron chi connectivity index (χ3n) is 4.25. The molecule has 1 saturated heterocycles. The van der Waals surface area contributed by atoms with Crippen LogP contribution in [0.3, 0.4) is 0 Å². The van der Waals surface area contributed by atoms with E-state index in [-0.39, 0.29) is 0 Å². The van der Waals surface area contributed by atoms with Gasteiger partial charge in [0.25, 0.3) is 0 Å². The van der Waals surface area contributed by atoms with Crippen LogP contribution in [0, 0.1) is 5.92 Å². The molecule has 0 radical (unpaired) electrons. The molecule has 2 atom stereocenters. The van der Waals surface area contributed by atoms with Gasteiger partial charge in [0.2, 0.25) is 0 Å². The molecule has 0 amide bonds. The number of hydrogen-bond donors (Lipinski definition) is 1. The molecular formula is C14H30N2. The maximum absolute atomic E-state index is 3.72. The summed E-state index contributed by atoms with van der Waals surface area (Å²) in [6.07, 6.45) is 5.19. The van der Waals surface area contributed by atoms with Gasteiger partial charge in [-0.15, -0.1) is 0 Å². The smallest absolute Gasteiger partial charge is 0.0220 e. The van der Waals surface area contributed by atoms with Crippen LogP contribution in [0.5, 0.6) is 0 Å². The predicted octanol–water partition coefficient (Wildman–Crippen LogP) is 2.89. The van der Waals surface area contributed by atoms with Gasteiger partial charge in [0, 0.05) is 18.6 Å². The normalized spacial score (nSPS) is 25.7. The van der Waals surface area contributed by atoms with E-state index in [2.05, 4.69) is 37.9 Å². The van der Waals surface area contributed by atoms with Crippen LogP contribution >= 0.6 is 0 Å². The topological polar surface area (TPSA) is 15.3 Å². The van der Waals surface area contributed by atoms with Crippen LogP contribution in [0.4, 0.5) is 0 Å². The van der Waals surface area contributed by atoms with Crippen molar-refractivity contribution in [3.8, 4) is 0 Å². The van der Waals surface area contributed by atoms with Crippen LogP contribution in [0.2, 0.25) is 0 Å². The monoisotopic (exact) mass is 226 g/mol. The van der Waals surface area contributed by atoms with Gasteiger partial charge in [-0.3, -0.25) is 4.90 Å². The van der Waals surface area contributed by atoms with Crippen molar-refractivity contribution in [1.82, 2.24) is 10.2 Å². The van der Waals surface area contributed by atoms with E-state index in [4.69, 9.17) is 0 Å². The minimum absolute atomic E-state index is 0.702. The Morgan fingerprint density at radius 2 is 1.88 bits per heavy atom. The summed E-state index contributed by atoms with van der Waals surface area (Å²) < 4.78 is 0. The Morgan fingerprint density at radius 1 is 1.19 bits per heavy atom. The second-order valence-corrected chi connectivity index (χ2v) is 5.26. The average Bonchev–Trinajstić information content (AvgIpc) is 2.56. The largest absolute Gasteiger partial charge is 0.312 e. The second-order valence-electron chi connectivity index (χ2n) is 5.26. The number of hydrogen-bond acceptors (Lipinski definition) is 2. The Bertz CT molecular complexity index is 178. The fourth-order valence-electron chi connectivity index (χ4n) is 2.78. The molecule has 1 rings (SSSR count). The van der Waals surface area contributed by atoms with Crippen molar-refractivity contribution in [2.75, 3.05) is 19.6 Å². The van der Waals surface area contributed by atoms with E-state index in [1.165, 1.54) is 45.3 Å². The highest BCUT2D eigenvalue weighted by Crippen LogP contribution is 2.16. The third-order valence-corrected chi connectivity index (χ3v) is 4.25. The fourth-order valence-corrected chi connectivity index (χ4v) is 2.78. The van der Waals surface area contributed by atoms with E-state index in [9.17, 15) is 0 Å². The van der Waals surface area contributed by atoms with Crippen LogP contribution in [-0.2, 0) is 0 Å². The zero-order valence-corrected chi connectivity index (χ0v) is 11.6. The zero-order chi connectivity index (χ0) is 12.0. The molecule has 1 fully saturated rings. The number of nitrogens with zero attached hydrogens (tertiary/aromatic N) is 1. The summed E-state index contributed by atoms with van der Waals surface area (Å²) in [4.78, 5) is 2.72. The number of nitrogens with one attached hydrogen (secondary N) is 1. The van der Waals surface area contributed by atoms with Gasteiger partial charge in [-0.25, -0.2) is 0 Å². The standard InChI is InChI=1S/C14H30N2/c1-5-12(4)14-11-16(10-8-9-15-14)13(6-2)7-3/h12-15H,5-11H2,1-4H3. The maximum atomic E-state index is 3.72. The Labute approximate surface area is 102 Å². The molecule has 1 heterocycles. The van der Waals surface area contributed by atoms with Crippen LogP contribution in [-0.4, -0.2) is 36.6 Å². The first-order valence-electron chi connectivity index (χ1n) is 7.20. The van der Waals surface area contributed by atoms with Crippen LogP contribution in [0.1, 0.15) is 53.4 Å². The van der Waals surface area contributed by atoms with Gasteiger partial charge < -0.3 is 5.32 Å². The van der Waals surface area contributed by atoms with Gasteiger partial charge in [-0.2, -0.15) is 0 Å². The molecule has 2 heteroatoms. The molecule has 1 aliphatic heterocycles. The Hall–Kier alpha value is -0.0800. The van der Waals surface area contributed by atoms with Gasteiger partial charge in [-0.05, 0) is 38.3 Å². The Balaban J connectivity index is 2.57. The van der Waals surface area contributed by atoms with Gasteiger partial charge in [-0.1, -0.05) is 34.1 Å². The Morgan fingerprint density at radius 3 is 2.44 bits per heavy atom. The summed E-state index contributed by atoms with van der Waals surface area (Å²) in [5.74, 6) is 0.801. The minimum Gasteiger partial charge on any atom is -0.312 e. The molecule has 0 spiro atoms. The summed E-state index contributed by atoms with van der Waals surface area (Å²) in [6.45, 7) is 13.1. The highest BCUT2D eigenvalue weighted by Gasteiger charge is 2.24. The first kappa shape index (κ1) is 14.0. The highest BCUT2D eigenvalue weighted by molar-refractivity contribution is 4.83. The van der Waals surface area contributed by atoms with Crippen molar-refractivity contribution in [3.05, 3.63) is 0 Å². The van der Waals surface area contributed by atoms with Crippen molar-refractivity contribution < 1.29 is 0 Å². The van der Waals surface area contributed by atoms with Gasteiger partial charge in [0.05, 0.1) is 0 Å². The number of rotatable bonds is 5. The quantitative estimate of drug-likeness (QED) is 0.775. The summed E-state index contributed by atoms with van der Waals surface area (Å²) in [5, 5.41) is 3.72. The van der Waals surface area contributed by atoms with E-state index in [0.717, 1.165) is 12.0 Å². The molecular weight excluding hydrogens is 196 g/mol. The lowest BCUT2D eigenvalue weighted by molar-refractivity contribution is 0.168. The predicted molar refractivity (Wildman–Crippen MR) is 71.8 cm³/mol. The molecule has 0 aromatic heterocycles. The molecule has 0 bridgehead atoms. The molecule has 0 aromatic carbocycles. The summed E-state index contributed by atoms with van der Waals surface area (Å²) in [7, 11) is 0. The van der Waals surface area contributed by atoms with Crippen molar-refractivity contribution in [1.29, 1.82) is 0 Å². The van der Waals surface area contributed by atoms with Crippen molar-refractivity contribution in [3.63, 3.8) is 0 Å². The molecule has 96 valence electrons. The van der Waals surface area contributed by atoms with Gasteiger partial charge in [0.15, 0.2) is 0 Å². The Kier molecular flexibility index (Phi) is 6.37. The molecule has 1 N–H and O–H groups in total. The van der Waals surface area contributed by atoms with Crippen LogP contribution < -0.4 is 5.32 Å². The summed E-state index contributed by atoms with van der Waals surface area (Å²) >= 11 is 0. The van der Waals surface area contributed by atoms with E-state index in [1.807, 2.05) is 0 Å². The van der Waals surface area contributed by atoms with Crippen LogP contribution in [0.15, 0.2) is 0 Å². The molecule has 16 heavy (non-hydrogen) atoms. The zero-order valence-electron chi connectivity index (χ0n) is 11.6. The molecule has 0 aromatic rings. The molecule has 0 aliphatic carbocycles. The lowest BCUT2D eigenvalue weighted by atomic mass is 9.98. The average molecular weight is 226 g/mol. The van der Waals surface area contributed by atoms with Gasteiger partial charge >= 0.3 is 0 Å². The molecule has 2 unspecified atom stereocenters. The molecule has 1 aliphatic rings. The van der Waals surface area contributed by atoms with Crippen LogP contribution in [0.25, 0.3) is 0 Å². The van der Waals surface area contributed by atoms with E-state index in [0.29, 0.717) is 6.04 Å². The van der Waals surface area contributed by atoms with E-state index >= 15 is 0 Å². The highest BCUT2D eigenvalue weighted by atomic mass is 15.2. The maximum Gasteiger partial charge on any atom is 0.0220 e. The summed E-state index contributed by atoms with van der Waals surface area (Å²) in [6, 6.07) is 1.50. The lowest BCUT2D eigenvalue weighted by Crippen LogP contribution is -2.45. The summed E-state index contributed by atoms with van der Waals surface area (Å²) in [5.41, 5.74) is 0. The second kappa shape index (κ2) is 7.29. The van der Waals surface area contributed by atoms with Crippen molar-refractivity contribution in [2.45, 2.75) is 65.5 Å². The third kappa shape index (κ3) is 3.74. The van der Waals surface area contributed by atoms with Gasteiger partial charge in [0.1, 0.15) is 0 Å². The SMILES string of the molecule is CCC(C)C1CN(C(CC)CC)CCCN1. The molecule has 2 nitrogen and oxygen atoms in total. The van der Waals surface area contributed by atoms with Crippen molar-refractivity contribution in [2.24, 2.45) is 5.92 Å². The first-order chi connectivity index (χ1) is 7.72. The molecule has 0 saturated carbocycles. The van der Waals surface area contributed by atoms with E-state index in [1.54, 1.807) is 0 Å².